The first-order valence-electron chi connectivity index (χ1n) is 7.41. The number of sulfonamides is 1. The van der Waals surface area contributed by atoms with Gasteiger partial charge in [-0.3, -0.25) is 0 Å². The largest absolute Gasteiger partial charge is 0.364 e. The molecule has 1 atom stereocenters. The van der Waals surface area contributed by atoms with Gasteiger partial charge in [0, 0.05) is 0 Å². The van der Waals surface area contributed by atoms with Gasteiger partial charge in [-0.15, -0.1) is 0 Å². The molecule has 0 bridgehead atoms. The molecule has 4 rings (SSSR count). The molecule has 0 amide bonds. The second-order valence-corrected chi connectivity index (χ2v) is 7.49. The molecule has 23 heavy (non-hydrogen) atoms. The number of fused-ring (bicyclic) bond motifs is 2. The molecule has 0 fully saturated rings. The molecule has 5 heteroatoms. The quantitative estimate of drug-likeness (QED) is 0.720. The second-order valence-electron chi connectivity index (χ2n) is 5.80. The lowest BCUT2D eigenvalue weighted by Gasteiger charge is -2.28. The molecule has 4 nitrogen and oxygen atoms in total. The highest BCUT2D eigenvalue weighted by Crippen LogP contribution is 2.32. The van der Waals surface area contributed by atoms with Crippen molar-refractivity contribution >= 4 is 26.5 Å². The van der Waals surface area contributed by atoms with Crippen LogP contribution in [-0.2, 0) is 10.0 Å². The van der Waals surface area contributed by atoms with Crippen LogP contribution in [0.2, 0.25) is 0 Å². The Morgan fingerprint density at radius 1 is 0.913 bits per heavy atom. The van der Waals surface area contributed by atoms with Crippen molar-refractivity contribution in [1.29, 1.82) is 0 Å². The van der Waals surface area contributed by atoms with Crippen LogP contribution in [0.4, 0.5) is 5.69 Å². The van der Waals surface area contributed by atoms with Crippen LogP contribution in [0, 0.1) is 6.92 Å². The van der Waals surface area contributed by atoms with E-state index in [9.17, 15) is 8.42 Å². The van der Waals surface area contributed by atoms with E-state index < -0.39 is 16.2 Å². The number of rotatable bonds is 1. The van der Waals surface area contributed by atoms with Crippen LogP contribution in [0.15, 0.2) is 65.6 Å². The van der Waals surface area contributed by atoms with Gasteiger partial charge in [0.05, 0.1) is 5.69 Å². The Morgan fingerprint density at radius 2 is 1.70 bits per heavy atom. The zero-order chi connectivity index (χ0) is 16.0. The maximum atomic E-state index is 12.5. The molecule has 0 aromatic heterocycles. The van der Waals surface area contributed by atoms with Gasteiger partial charge in [0.2, 0.25) is 10.0 Å². The zero-order valence-corrected chi connectivity index (χ0v) is 13.4. The summed E-state index contributed by atoms with van der Waals surface area (Å²) in [5, 5.41) is 5.48. The fourth-order valence-corrected chi connectivity index (χ4v) is 4.30. The van der Waals surface area contributed by atoms with Gasteiger partial charge >= 0.3 is 0 Å². The number of nitrogens with one attached hydrogen (secondary N) is 2. The predicted octanol–water partition coefficient (Wildman–Crippen LogP) is 3.55. The number of aryl methyl sites for hydroxylation is 1. The van der Waals surface area contributed by atoms with Crippen molar-refractivity contribution in [3.05, 3.63) is 71.8 Å². The summed E-state index contributed by atoms with van der Waals surface area (Å²) in [4.78, 5) is 0.300. The molecule has 1 aliphatic rings. The van der Waals surface area contributed by atoms with E-state index in [-0.39, 0.29) is 0 Å². The van der Waals surface area contributed by atoms with E-state index >= 15 is 0 Å². The Balaban J connectivity index is 1.80. The summed E-state index contributed by atoms with van der Waals surface area (Å²) in [6.07, 6.45) is -0.472. The average molecular weight is 324 g/mol. The minimum atomic E-state index is -3.53. The highest BCUT2D eigenvalue weighted by molar-refractivity contribution is 7.89. The highest BCUT2D eigenvalue weighted by atomic mass is 32.2. The molecule has 0 saturated heterocycles. The van der Waals surface area contributed by atoms with Gasteiger partial charge in [-0.2, -0.15) is 4.72 Å². The van der Waals surface area contributed by atoms with E-state index in [1.807, 2.05) is 61.5 Å². The van der Waals surface area contributed by atoms with Crippen molar-refractivity contribution in [2.45, 2.75) is 18.0 Å². The van der Waals surface area contributed by atoms with E-state index in [0.29, 0.717) is 10.6 Å². The fraction of sp³-hybridized carbons (Fsp3) is 0.111. The van der Waals surface area contributed by atoms with Gasteiger partial charge < -0.3 is 5.32 Å². The molecule has 3 aromatic carbocycles. The zero-order valence-electron chi connectivity index (χ0n) is 12.6. The minimum Gasteiger partial charge on any atom is -0.364 e. The first-order chi connectivity index (χ1) is 11.0. The van der Waals surface area contributed by atoms with Crippen LogP contribution in [-0.4, -0.2) is 8.42 Å². The van der Waals surface area contributed by atoms with Gasteiger partial charge in [0.1, 0.15) is 11.1 Å². The SMILES string of the molecule is Cc1ccc2c(c1)S(=O)(=O)NC(c1ccc3ccccc3c1)N2. The van der Waals surface area contributed by atoms with Crippen molar-refractivity contribution in [2.24, 2.45) is 0 Å². The summed E-state index contributed by atoms with van der Waals surface area (Å²) >= 11 is 0. The lowest BCUT2D eigenvalue weighted by molar-refractivity contribution is 0.562. The fourth-order valence-electron chi connectivity index (χ4n) is 2.91. The molecule has 1 heterocycles. The Labute approximate surface area is 135 Å². The molecule has 2 N–H and O–H groups in total. The Morgan fingerprint density at radius 3 is 2.52 bits per heavy atom. The number of anilines is 1. The Kier molecular flexibility index (Phi) is 3.14. The van der Waals surface area contributed by atoms with E-state index in [1.165, 1.54) is 0 Å². The third kappa shape index (κ3) is 2.48. The molecular weight excluding hydrogens is 308 g/mol. The van der Waals surface area contributed by atoms with Gasteiger partial charge in [-0.1, -0.05) is 42.5 Å². The molecule has 3 aromatic rings. The Bertz CT molecular complexity index is 1010. The summed E-state index contributed by atoms with van der Waals surface area (Å²) < 4.78 is 27.8. The molecular formula is C18H16N2O2S. The van der Waals surface area contributed by atoms with Crippen LogP contribution in [0.3, 0.4) is 0 Å². The van der Waals surface area contributed by atoms with E-state index in [0.717, 1.165) is 21.9 Å². The van der Waals surface area contributed by atoms with Crippen molar-refractivity contribution in [3.63, 3.8) is 0 Å². The highest BCUT2D eigenvalue weighted by Gasteiger charge is 2.30. The average Bonchev–Trinajstić information content (AvgIpc) is 2.54. The van der Waals surface area contributed by atoms with Crippen LogP contribution in [0.1, 0.15) is 17.3 Å². The van der Waals surface area contributed by atoms with Crippen molar-refractivity contribution < 1.29 is 8.42 Å². The van der Waals surface area contributed by atoms with Gasteiger partial charge in [0.25, 0.3) is 0 Å². The summed E-state index contributed by atoms with van der Waals surface area (Å²) in [6, 6.07) is 19.4. The Hall–Kier alpha value is -2.37. The van der Waals surface area contributed by atoms with E-state index in [2.05, 4.69) is 10.0 Å². The molecule has 1 aliphatic heterocycles. The maximum absolute atomic E-state index is 12.5. The monoisotopic (exact) mass is 324 g/mol. The molecule has 116 valence electrons. The van der Waals surface area contributed by atoms with Crippen molar-refractivity contribution in [3.8, 4) is 0 Å². The van der Waals surface area contributed by atoms with Crippen molar-refractivity contribution in [1.82, 2.24) is 4.72 Å². The van der Waals surface area contributed by atoms with Gasteiger partial charge in [0.15, 0.2) is 0 Å². The standard InChI is InChI=1S/C18H16N2O2S/c1-12-6-9-16-17(10-12)23(21,22)20-18(19-16)15-8-7-13-4-2-3-5-14(13)11-15/h2-11,18-20H,1H3. The smallest absolute Gasteiger partial charge is 0.244 e. The first-order valence-corrected chi connectivity index (χ1v) is 8.89. The number of hydrogen-bond acceptors (Lipinski definition) is 3. The summed E-state index contributed by atoms with van der Waals surface area (Å²) in [7, 11) is -3.53. The predicted molar refractivity (Wildman–Crippen MR) is 91.8 cm³/mol. The maximum Gasteiger partial charge on any atom is 0.244 e. The normalized spacial score (nSPS) is 19.1. The van der Waals surface area contributed by atoms with Crippen LogP contribution in [0.25, 0.3) is 10.8 Å². The summed E-state index contributed by atoms with van der Waals surface area (Å²) in [5.41, 5.74) is 2.44. The molecule has 0 saturated carbocycles. The van der Waals surface area contributed by atoms with Crippen LogP contribution in [0.5, 0.6) is 0 Å². The minimum absolute atomic E-state index is 0.300. The number of benzene rings is 3. The van der Waals surface area contributed by atoms with E-state index in [4.69, 9.17) is 0 Å². The van der Waals surface area contributed by atoms with Crippen LogP contribution < -0.4 is 10.0 Å². The molecule has 0 spiro atoms. The lowest BCUT2D eigenvalue weighted by Crippen LogP contribution is -2.38. The molecule has 0 radical (unpaired) electrons. The van der Waals surface area contributed by atoms with Crippen LogP contribution >= 0.6 is 0 Å². The topological polar surface area (TPSA) is 58.2 Å². The molecule has 0 aliphatic carbocycles. The van der Waals surface area contributed by atoms with E-state index in [1.54, 1.807) is 6.07 Å². The van der Waals surface area contributed by atoms with Gasteiger partial charge in [-0.25, -0.2) is 8.42 Å². The number of hydrogen-bond donors (Lipinski definition) is 2. The second kappa shape index (κ2) is 5.08. The lowest BCUT2D eigenvalue weighted by atomic mass is 10.1. The van der Waals surface area contributed by atoms with Crippen molar-refractivity contribution in [2.75, 3.05) is 5.32 Å². The van der Waals surface area contributed by atoms with Gasteiger partial charge in [-0.05, 0) is 47.0 Å². The first kappa shape index (κ1) is 14.2. The summed E-state index contributed by atoms with van der Waals surface area (Å²) in [6.45, 7) is 1.88. The molecule has 1 unspecified atom stereocenters. The summed E-state index contributed by atoms with van der Waals surface area (Å²) in [5.74, 6) is 0. The third-order valence-corrected chi connectivity index (χ3v) is 5.57. The third-order valence-electron chi connectivity index (χ3n) is 4.11.